The maximum atomic E-state index is 10.8. The molecule has 2 rings (SSSR count). The minimum atomic E-state index is -1.09. The van der Waals surface area contributed by atoms with Crippen LogP contribution in [0.25, 0.3) is 10.8 Å². The molecule has 0 fully saturated rings. The molecule has 4 N–H and O–H groups in total. The van der Waals surface area contributed by atoms with Crippen molar-refractivity contribution in [3.8, 4) is 5.75 Å². The van der Waals surface area contributed by atoms with E-state index >= 15 is 0 Å². The topological polar surface area (TPSA) is 83.6 Å². The Morgan fingerprint density at radius 1 is 1.12 bits per heavy atom. The van der Waals surface area contributed by atoms with Gasteiger partial charge in [0.25, 0.3) is 0 Å². The molecule has 0 bridgehead atoms. The molecule has 82 valence electrons. The number of hydrogen-bond donors (Lipinski definition) is 3. The van der Waals surface area contributed by atoms with Crippen molar-refractivity contribution in [2.24, 2.45) is 5.73 Å². The Labute approximate surface area is 91.9 Å². The van der Waals surface area contributed by atoms with E-state index < -0.39 is 12.0 Å². The molecule has 0 aliphatic carbocycles. The van der Waals surface area contributed by atoms with Gasteiger partial charge >= 0.3 is 5.97 Å². The predicted molar refractivity (Wildman–Crippen MR) is 60.2 cm³/mol. The third kappa shape index (κ3) is 1.59. The highest BCUT2D eigenvalue weighted by molar-refractivity contribution is 5.94. The normalized spacial score (nSPS) is 12.6. The van der Waals surface area contributed by atoms with Gasteiger partial charge < -0.3 is 15.9 Å². The van der Waals surface area contributed by atoms with Crippen molar-refractivity contribution in [3.05, 3.63) is 42.0 Å². The molecule has 0 aliphatic heterocycles. The van der Waals surface area contributed by atoms with Crippen LogP contribution in [0.5, 0.6) is 5.75 Å². The fraction of sp³-hybridized carbons (Fsp3) is 0.0833. The number of carboxylic acid groups (broad SMARTS) is 1. The van der Waals surface area contributed by atoms with E-state index in [1.165, 1.54) is 12.1 Å². The summed E-state index contributed by atoms with van der Waals surface area (Å²) in [6.45, 7) is 0. The second-order valence-corrected chi connectivity index (χ2v) is 3.54. The van der Waals surface area contributed by atoms with Crippen LogP contribution in [0.1, 0.15) is 11.6 Å². The third-order valence-corrected chi connectivity index (χ3v) is 2.54. The summed E-state index contributed by atoms with van der Waals surface area (Å²) in [5.74, 6) is -0.965. The minimum Gasteiger partial charge on any atom is -0.507 e. The summed E-state index contributed by atoms with van der Waals surface area (Å²) in [6.07, 6.45) is 0. The van der Waals surface area contributed by atoms with Crippen molar-refractivity contribution in [3.63, 3.8) is 0 Å². The van der Waals surface area contributed by atoms with Crippen molar-refractivity contribution in [1.82, 2.24) is 0 Å². The van der Waals surface area contributed by atoms with Crippen LogP contribution in [0.15, 0.2) is 36.4 Å². The van der Waals surface area contributed by atoms with E-state index in [0.29, 0.717) is 16.3 Å². The number of phenols is 1. The number of carboxylic acids is 1. The maximum absolute atomic E-state index is 10.8. The average molecular weight is 217 g/mol. The molecule has 0 spiro atoms. The van der Waals surface area contributed by atoms with Gasteiger partial charge in [-0.05, 0) is 17.0 Å². The Balaban J connectivity index is 2.72. The molecule has 0 amide bonds. The van der Waals surface area contributed by atoms with Crippen LogP contribution in [0.3, 0.4) is 0 Å². The molecule has 1 atom stereocenters. The van der Waals surface area contributed by atoms with Gasteiger partial charge in [-0.1, -0.05) is 30.3 Å². The van der Waals surface area contributed by atoms with E-state index in [-0.39, 0.29) is 5.75 Å². The van der Waals surface area contributed by atoms with Gasteiger partial charge in [-0.15, -0.1) is 0 Å². The van der Waals surface area contributed by atoms with E-state index in [1.54, 1.807) is 24.3 Å². The average Bonchev–Trinajstić information content (AvgIpc) is 2.29. The zero-order valence-electron chi connectivity index (χ0n) is 8.42. The molecule has 4 heteroatoms. The van der Waals surface area contributed by atoms with E-state index in [9.17, 15) is 9.90 Å². The van der Waals surface area contributed by atoms with Gasteiger partial charge in [0.1, 0.15) is 11.8 Å². The number of rotatable bonds is 2. The summed E-state index contributed by atoms with van der Waals surface area (Å²) >= 11 is 0. The lowest BCUT2D eigenvalue weighted by Crippen LogP contribution is -2.20. The summed E-state index contributed by atoms with van der Waals surface area (Å²) in [5, 5.41) is 19.8. The van der Waals surface area contributed by atoms with Crippen LogP contribution in [0, 0.1) is 0 Å². The zero-order valence-corrected chi connectivity index (χ0v) is 8.42. The van der Waals surface area contributed by atoms with Crippen molar-refractivity contribution in [2.45, 2.75) is 6.04 Å². The van der Waals surface area contributed by atoms with Crippen molar-refractivity contribution >= 4 is 16.7 Å². The highest BCUT2D eigenvalue weighted by Crippen LogP contribution is 2.29. The fourth-order valence-corrected chi connectivity index (χ4v) is 1.71. The van der Waals surface area contributed by atoms with Crippen LogP contribution in [-0.4, -0.2) is 16.2 Å². The first-order chi connectivity index (χ1) is 7.61. The minimum absolute atomic E-state index is 0.122. The summed E-state index contributed by atoms with van der Waals surface area (Å²) in [7, 11) is 0. The van der Waals surface area contributed by atoms with Gasteiger partial charge in [0.2, 0.25) is 0 Å². The van der Waals surface area contributed by atoms with Gasteiger partial charge in [0, 0.05) is 5.39 Å². The van der Waals surface area contributed by atoms with Gasteiger partial charge in [-0.25, -0.2) is 0 Å². The number of aromatic hydroxyl groups is 1. The van der Waals surface area contributed by atoms with Crippen molar-refractivity contribution in [1.29, 1.82) is 0 Å². The first-order valence-corrected chi connectivity index (χ1v) is 4.80. The van der Waals surface area contributed by atoms with E-state index in [1.807, 2.05) is 0 Å². The summed E-state index contributed by atoms with van der Waals surface area (Å²) in [4.78, 5) is 10.8. The van der Waals surface area contributed by atoms with Crippen LogP contribution in [-0.2, 0) is 4.79 Å². The second kappa shape index (κ2) is 3.83. The Bertz CT molecular complexity index is 551. The molecule has 0 saturated heterocycles. The zero-order chi connectivity index (χ0) is 11.7. The molecule has 0 aromatic heterocycles. The molecule has 2 aromatic rings. The second-order valence-electron chi connectivity index (χ2n) is 3.54. The van der Waals surface area contributed by atoms with Gasteiger partial charge in [-0.2, -0.15) is 0 Å². The standard InChI is InChI=1S/C12H11NO3/c13-11(12(15)16)9-5-6-10(14)8-4-2-1-3-7(8)9/h1-6,11,14H,13H2,(H,15,16)/t11-/m0/s1. The molecule has 2 aromatic carbocycles. The lowest BCUT2D eigenvalue weighted by molar-refractivity contribution is -0.138. The lowest BCUT2D eigenvalue weighted by Gasteiger charge is -2.11. The molecule has 16 heavy (non-hydrogen) atoms. The number of nitrogens with two attached hydrogens (primary N) is 1. The highest BCUT2D eigenvalue weighted by atomic mass is 16.4. The SMILES string of the molecule is N[C@H](C(=O)O)c1ccc(O)c2ccccc12. The van der Waals surface area contributed by atoms with Gasteiger partial charge in [-0.3, -0.25) is 4.79 Å². The monoisotopic (exact) mass is 217 g/mol. The van der Waals surface area contributed by atoms with Gasteiger partial charge in [0.15, 0.2) is 0 Å². The number of fused-ring (bicyclic) bond motifs is 1. The quantitative estimate of drug-likeness (QED) is 0.713. The summed E-state index contributed by atoms with van der Waals surface area (Å²) in [5.41, 5.74) is 6.07. The van der Waals surface area contributed by atoms with Crippen LogP contribution < -0.4 is 5.73 Å². The summed E-state index contributed by atoms with van der Waals surface area (Å²) < 4.78 is 0. The Morgan fingerprint density at radius 3 is 2.38 bits per heavy atom. The highest BCUT2D eigenvalue weighted by Gasteiger charge is 2.17. The lowest BCUT2D eigenvalue weighted by atomic mass is 9.99. The molecule has 4 nitrogen and oxygen atoms in total. The first kappa shape index (κ1) is 10.4. The van der Waals surface area contributed by atoms with Crippen LogP contribution in [0.2, 0.25) is 0 Å². The maximum Gasteiger partial charge on any atom is 0.325 e. The number of aliphatic carboxylic acids is 1. The number of benzene rings is 2. The van der Waals surface area contributed by atoms with Crippen molar-refractivity contribution in [2.75, 3.05) is 0 Å². The summed E-state index contributed by atoms with van der Waals surface area (Å²) in [6, 6.07) is 8.94. The predicted octanol–water partition coefficient (Wildman–Crippen LogP) is 1.63. The fourth-order valence-electron chi connectivity index (χ4n) is 1.71. The molecule has 0 unspecified atom stereocenters. The number of phenolic OH excluding ortho intramolecular Hbond substituents is 1. The third-order valence-electron chi connectivity index (χ3n) is 2.54. The first-order valence-electron chi connectivity index (χ1n) is 4.80. The Kier molecular flexibility index (Phi) is 2.50. The Morgan fingerprint density at radius 2 is 1.75 bits per heavy atom. The van der Waals surface area contributed by atoms with Crippen LogP contribution in [0.4, 0.5) is 0 Å². The number of hydrogen-bond acceptors (Lipinski definition) is 3. The van der Waals surface area contributed by atoms with E-state index in [4.69, 9.17) is 10.8 Å². The molecular weight excluding hydrogens is 206 g/mol. The Hall–Kier alpha value is -2.07. The number of carbonyl (C=O) groups is 1. The molecule has 0 heterocycles. The molecular formula is C12H11NO3. The van der Waals surface area contributed by atoms with E-state index in [0.717, 1.165) is 0 Å². The molecule has 0 saturated carbocycles. The van der Waals surface area contributed by atoms with E-state index in [2.05, 4.69) is 0 Å². The van der Waals surface area contributed by atoms with Crippen molar-refractivity contribution < 1.29 is 15.0 Å². The molecule has 0 radical (unpaired) electrons. The van der Waals surface area contributed by atoms with Gasteiger partial charge in [0.05, 0.1) is 0 Å². The van der Waals surface area contributed by atoms with Crippen LogP contribution >= 0.6 is 0 Å². The molecule has 0 aliphatic rings. The largest absolute Gasteiger partial charge is 0.507 e. The smallest absolute Gasteiger partial charge is 0.325 e.